The van der Waals surface area contributed by atoms with Crippen LogP contribution in [0.15, 0.2) is 0 Å². The van der Waals surface area contributed by atoms with Crippen LogP contribution in [0.25, 0.3) is 0 Å². The fourth-order valence-electron chi connectivity index (χ4n) is 2.02. The Morgan fingerprint density at radius 2 is 2.06 bits per heavy atom. The number of nitrogens with zero attached hydrogens (tertiary/aromatic N) is 1. The highest BCUT2D eigenvalue weighted by atomic mass is 16.5. The molecular formula is C12H23N3O3. The summed E-state index contributed by atoms with van der Waals surface area (Å²) in [6, 6.07) is 0. The number of ether oxygens (including phenoxy) is 1. The Hall–Kier alpha value is -1.14. The van der Waals surface area contributed by atoms with Crippen LogP contribution in [0.4, 0.5) is 0 Å². The molecule has 2 N–H and O–H groups in total. The summed E-state index contributed by atoms with van der Waals surface area (Å²) >= 11 is 0. The smallest absolute Gasteiger partial charge is 0.239 e. The highest BCUT2D eigenvalue weighted by Crippen LogP contribution is 2.14. The Labute approximate surface area is 108 Å². The molecule has 0 aliphatic carbocycles. The molecule has 0 aromatic carbocycles. The van der Waals surface area contributed by atoms with Crippen molar-refractivity contribution in [2.75, 3.05) is 46.9 Å². The van der Waals surface area contributed by atoms with Gasteiger partial charge in [-0.1, -0.05) is 0 Å². The molecule has 1 rings (SSSR count). The third-order valence-corrected chi connectivity index (χ3v) is 3.07. The number of hydrogen-bond acceptors (Lipinski definition) is 4. The zero-order chi connectivity index (χ0) is 13.4. The zero-order valence-electron chi connectivity index (χ0n) is 11.2. The van der Waals surface area contributed by atoms with E-state index in [1.54, 1.807) is 14.2 Å². The number of rotatable bonds is 6. The molecule has 6 heteroatoms. The minimum Gasteiger partial charge on any atom is -0.383 e. The third kappa shape index (κ3) is 5.01. The second kappa shape index (κ2) is 8.05. The number of nitrogens with one attached hydrogen (secondary N) is 2. The van der Waals surface area contributed by atoms with E-state index in [4.69, 9.17) is 4.74 Å². The molecule has 6 nitrogen and oxygen atoms in total. The summed E-state index contributed by atoms with van der Waals surface area (Å²) in [5.74, 6) is -0.0155. The highest BCUT2D eigenvalue weighted by Gasteiger charge is 2.24. The summed E-state index contributed by atoms with van der Waals surface area (Å²) in [6.07, 6.45) is 1.71. The van der Waals surface area contributed by atoms with Crippen molar-refractivity contribution < 1.29 is 14.3 Å². The molecule has 0 spiro atoms. The Balaban J connectivity index is 2.27. The van der Waals surface area contributed by atoms with Crippen molar-refractivity contribution >= 4 is 11.8 Å². The molecule has 0 atom stereocenters. The summed E-state index contributed by atoms with van der Waals surface area (Å²) in [4.78, 5) is 25.1. The van der Waals surface area contributed by atoms with Crippen molar-refractivity contribution in [3.8, 4) is 0 Å². The van der Waals surface area contributed by atoms with Crippen LogP contribution in [0.3, 0.4) is 0 Å². The van der Waals surface area contributed by atoms with Crippen molar-refractivity contribution in [3.63, 3.8) is 0 Å². The maximum absolute atomic E-state index is 12.1. The first-order chi connectivity index (χ1) is 8.65. The molecule has 0 aromatic heterocycles. The lowest BCUT2D eigenvalue weighted by atomic mass is 9.97. The molecule has 0 radical (unpaired) electrons. The first kappa shape index (κ1) is 14.9. The number of methoxy groups -OCH3 is 1. The van der Waals surface area contributed by atoms with Crippen LogP contribution in [-0.2, 0) is 14.3 Å². The molecule has 2 amide bonds. The number of piperidine rings is 1. The van der Waals surface area contributed by atoms with Gasteiger partial charge in [0.1, 0.15) is 0 Å². The van der Waals surface area contributed by atoms with Crippen LogP contribution in [0, 0.1) is 5.92 Å². The van der Waals surface area contributed by atoms with Gasteiger partial charge in [0.05, 0.1) is 13.2 Å². The lowest BCUT2D eigenvalue weighted by molar-refractivity contribution is -0.138. The summed E-state index contributed by atoms with van der Waals surface area (Å²) in [5, 5.41) is 5.92. The minimum atomic E-state index is -0.142. The van der Waals surface area contributed by atoms with E-state index in [0.29, 0.717) is 13.2 Å². The maximum Gasteiger partial charge on any atom is 0.239 e. The molecule has 0 aromatic rings. The Morgan fingerprint density at radius 1 is 1.39 bits per heavy atom. The van der Waals surface area contributed by atoms with E-state index in [9.17, 15) is 9.59 Å². The van der Waals surface area contributed by atoms with Crippen LogP contribution >= 0.6 is 0 Å². The second-order valence-electron chi connectivity index (χ2n) is 4.56. The van der Waals surface area contributed by atoms with E-state index < -0.39 is 0 Å². The van der Waals surface area contributed by atoms with Gasteiger partial charge in [0.15, 0.2) is 0 Å². The molecule has 1 aliphatic heterocycles. The molecule has 1 heterocycles. The van der Waals surface area contributed by atoms with Crippen LogP contribution in [0.1, 0.15) is 12.8 Å². The van der Waals surface area contributed by atoms with E-state index in [0.717, 1.165) is 25.9 Å². The number of carbonyl (C=O) groups excluding carboxylic acids is 2. The average molecular weight is 257 g/mol. The predicted octanol–water partition coefficient (Wildman–Crippen LogP) is -0.793. The van der Waals surface area contributed by atoms with E-state index in [1.807, 2.05) is 0 Å². The molecule has 0 bridgehead atoms. The SMILES string of the molecule is COCCNC(=O)CN(C)C(=O)C1CCNCC1. The van der Waals surface area contributed by atoms with Crippen molar-refractivity contribution in [1.29, 1.82) is 0 Å². The topological polar surface area (TPSA) is 70.7 Å². The summed E-state index contributed by atoms with van der Waals surface area (Å²) < 4.78 is 4.84. The van der Waals surface area contributed by atoms with Crippen LogP contribution in [0.2, 0.25) is 0 Å². The number of hydrogen-bond donors (Lipinski definition) is 2. The standard InChI is InChI=1S/C12H23N3O3/c1-15(9-11(16)14-7-8-18-2)12(17)10-3-5-13-6-4-10/h10,13H,3-9H2,1-2H3,(H,14,16). The molecule has 1 aliphatic rings. The molecule has 0 saturated carbocycles. The molecule has 1 fully saturated rings. The molecule has 104 valence electrons. The van der Waals surface area contributed by atoms with Crippen molar-refractivity contribution in [2.45, 2.75) is 12.8 Å². The normalized spacial score (nSPS) is 16.3. The predicted molar refractivity (Wildman–Crippen MR) is 68.1 cm³/mol. The van der Waals surface area contributed by atoms with Gasteiger partial charge in [0.2, 0.25) is 11.8 Å². The lowest BCUT2D eigenvalue weighted by Crippen LogP contribution is -2.44. The number of likely N-dealkylation sites (N-methyl/N-ethyl adjacent to an activating group) is 1. The van der Waals surface area contributed by atoms with Gasteiger partial charge < -0.3 is 20.3 Å². The van der Waals surface area contributed by atoms with Gasteiger partial charge in [-0.3, -0.25) is 9.59 Å². The van der Waals surface area contributed by atoms with Gasteiger partial charge in [-0.05, 0) is 25.9 Å². The third-order valence-electron chi connectivity index (χ3n) is 3.07. The fourth-order valence-corrected chi connectivity index (χ4v) is 2.02. The van der Waals surface area contributed by atoms with Crippen LogP contribution in [-0.4, -0.2) is 63.7 Å². The second-order valence-corrected chi connectivity index (χ2v) is 4.56. The van der Waals surface area contributed by atoms with Gasteiger partial charge in [0, 0.05) is 26.6 Å². The maximum atomic E-state index is 12.1. The Kier molecular flexibility index (Phi) is 6.67. The lowest BCUT2D eigenvalue weighted by Gasteiger charge is -2.26. The zero-order valence-corrected chi connectivity index (χ0v) is 11.2. The van der Waals surface area contributed by atoms with E-state index >= 15 is 0 Å². The molecule has 18 heavy (non-hydrogen) atoms. The minimum absolute atomic E-state index is 0.0584. The summed E-state index contributed by atoms with van der Waals surface area (Å²) in [5.41, 5.74) is 0. The van der Waals surface area contributed by atoms with Gasteiger partial charge in [-0.25, -0.2) is 0 Å². The summed E-state index contributed by atoms with van der Waals surface area (Å²) in [6.45, 7) is 2.84. The Bertz CT molecular complexity index is 278. The monoisotopic (exact) mass is 257 g/mol. The van der Waals surface area contributed by atoms with Crippen molar-refractivity contribution in [2.24, 2.45) is 5.92 Å². The van der Waals surface area contributed by atoms with Gasteiger partial charge in [-0.2, -0.15) is 0 Å². The number of carbonyl (C=O) groups is 2. The quantitative estimate of drug-likeness (QED) is 0.612. The van der Waals surface area contributed by atoms with E-state index in [-0.39, 0.29) is 24.3 Å². The Morgan fingerprint density at radius 3 is 2.67 bits per heavy atom. The van der Waals surface area contributed by atoms with Gasteiger partial charge >= 0.3 is 0 Å². The molecule has 0 unspecified atom stereocenters. The van der Waals surface area contributed by atoms with Gasteiger partial charge in [-0.15, -0.1) is 0 Å². The van der Waals surface area contributed by atoms with Crippen LogP contribution < -0.4 is 10.6 Å². The molecular weight excluding hydrogens is 234 g/mol. The van der Waals surface area contributed by atoms with Crippen LogP contribution in [0.5, 0.6) is 0 Å². The first-order valence-corrected chi connectivity index (χ1v) is 6.36. The highest BCUT2D eigenvalue weighted by molar-refractivity contribution is 5.85. The van der Waals surface area contributed by atoms with Gasteiger partial charge in [0.25, 0.3) is 0 Å². The molecule has 1 saturated heterocycles. The fraction of sp³-hybridized carbons (Fsp3) is 0.833. The van der Waals surface area contributed by atoms with E-state index in [2.05, 4.69) is 10.6 Å². The number of amides is 2. The largest absolute Gasteiger partial charge is 0.383 e. The summed E-state index contributed by atoms with van der Waals surface area (Å²) in [7, 11) is 3.26. The van der Waals surface area contributed by atoms with E-state index in [1.165, 1.54) is 4.90 Å². The van der Waals surface area contributed by atoms with Crippen molar-refractivity contribution in [1.82, 2.24) is 15.5 Å². The first-order valence-electron chi connectivity index (χ1n) is 6.36. The van der Waals surface area contributed by atoms with Crippen molar-refractivity contribution in [3.05, 3.63) is 0 Å². The average Bonchev–Trinajstić information content (AvgIpc) is 2.39.